The van der Waals surface area contributed by atoms with Gasteiger partial charge < -0.3 is 15.7 Å². The lowest BCUT2D eigenvalue weighted by atomic mass is 9.90. The van der Waals surface area contributed by atoms with Crippen molar-refractivity contribution in [2.75, 3.05) is 17.7 Å². The molecule has 0 saturated carbocycles. The van der Waals surface area contributed by atoms with Crippen LogP contribution in [0.25, 0.3) is 5.57 Å². The van der Waals surface area contributed by atoms with Gasteiger partial charge in [0.15, 0.2) is 6.29 Å². The largest absolute Gasteiger partial charge is 0.388 e. The van der Waals surface area contributed by atoms with Crippen molar-refractivity contribution in [3.63, 3.8) is 0 Å². The Bertz CT molecular complexity index is 812. The lowest BCUT2D eigenvalue weighted by Crippen LogP contribution is -2.23. The van der Waals surface area contributed by atoms with Gasteiger partial charge in [0, 0.05) is 40.0 Å². The third-order valence-electron chi connectivity index (χ3n) is 4.15. The van der Waals surface area contributed by atoms with E-state index in [4.69, 9.17) is 0 Å². The molecule has 1 aliphatic rings. The first-order valence-electron chi connectivity index (χ1n) is 7.29. The molecule has 118 valence electrons. The summed E-state index contributed by atoms with van der Waals surface area (Å²) >= 11 is 4.36. The third-order valence-corrected chi connectivity index (χ3v) is 4.43. The minimum Gasteiger partial charge on any atom is -0.388 e. The molecule has 1 atom stereocenters. The summed E-state index contributed by atoms with van der Waals surface area (Å²) in [5, 5.41) is 17.2. The van der Waals surface area contributed by atoms with Gasteiger partial charge in [-0.25, -0.2) is 0 Å². The molecule has 0 spiro atoms. The molecule has 5 heteroatoms. The number of para-hydroxylation sites is 1. The molecule has 0 aliphatic carbocycles. The standard InChI is InChI=1S/C18H18N2O2S/c1-18(22)14-5-3-4-6-16(14)20-17(18)13(10-21)12-9-11(23)7-8-15(12)19-2/h3-10,19-20,22-23H,1-2H3/b17-13+. The number of fused-ring (bicyclic) bond motifs is 1. The Kier molecular flexibility index (Phi) is 3.92. The van der Waals surface area contributed by atoms with E-state index in [1.807, 2.05) is 42.5 Å². The molecule has 23 heavy (non-hydrogen) atoms. The molecule has 1 aliphatic heterocycles. The minimum atomic E-state index is -1.26. The second-order valence-corrected chi connectivity index (χ2v) is 6.15. The van der Waals surface area contributed by atoms with Crippen LogP contribution in [-0.2, 0) is 10.4 Å². The highest BCUT2D eigenvalue weighted by atomic mass is 32.1. The Labute approximate surface area is 140 Å². The predicted molar refractivity (Wildman–Crippen MR) is 95.9 cm³/mol. The molecule has 0 saturated heterocycles. The summed E-state index contributed by atoms with van der Waals surface area (Å²) in [6, 6.07) is 13.0. The van der Waals surface area contributed by atoms with Gasteiger partial charge in [0.2, 0.25) is 0 Å². The Morgan fingerprint density at radius 1 is 1.30 bits per heavy atom. The number of aldehydes is 1. The molecule has 4 nitrogen and oxygen atoms in total. The fraction of sp³-hybridized carbons (Fsp3) is 0.167. The number of aliphatic hydroxyl groups is 1. The fourth-order valence-electron chi connectivity index (χ4n) is 2.97. The third kappa shape index (κ3) is 2.52. The maximum absolute atomic E-state index is 11.8. The van der Waals surface area contributed by atoms with E-state index in [-0.39, 0.29) is 0 Å². The van der Waals surface area contributed by atoms with Crippen LogP contribution in [0.4, 0.5) is 11.4 Å². The van der Waals surface area contributed by atoms with E-state index in [0.29, 0.717) is 16.8 Å². The zero-order chi connectivity index (χ0) is 16.6. The van der Waals surface area contributed by atoms with Gasteiger partial charge in [-0.1, -0.05) is 18.2 Å². The molecule has 0 aromatic heterocycles. The molecule has 0 amide bonds. The SMILES string of the molecule is CNc1ccc(S)cc1/C(C=O)=C1/Nc2ccccc2C1(C)O. The fourth-order valence-corrected chi connectivity index (χ4v) is 3.17. The van der Waals surface area contributed by atoms with Gasteiger partial charge in [-0.2, -0.15) is 0 Å². The Hall–Kier alpha value is -2.24. The van der Waals surface area contributed by atoms with Crippen molar-refractivity contribution in [1.29, 1.82) is 0 Å². The number of hydrogen-bond donors (Lipinski definition) is 4. The van der Waals surface area contributed by atoms with E-state index in [2.05, 4.69) is 23.3 Å². The normalized spacial score (nSPS) is 21.4. The van der Waals surface area contributed by atoms with Crippen LogP contribution in [0.15, 0.2) is 53.1 Å². The topological polar surface area (TPSA) is 61.4 Å². The zero-order valence-corrected chi connectivity index (χ0v) is 13.8. The zero-order valence-electron chi connectivity index (χ0n) is 12.9. The molecule has 2 aromatic rings. The van der Waals surface area contributed by atoms with Crippen LogP contribution in [0.5, 0.6) is 0 Å². The van der Waals surface area contributed by atoms with Crippen LogP contribution >= 0.6 is 12.6 Å². The minimum absolute atomic E-state index is 0.409. The second kappa shape index (κ2) is 5.76. The number of benzene rings is 2. The van der Waals surface area contributed by atoms with Crippen molar-refractivity contribution in [2.24, 2.45) is 0 Å². The number of anilines is 2. The molecular formula is C18H18N2O2S. The predicted octanol–water partition coefficient (Wildman–Crippen LogP) is 3.26. The first-order valence-corrected chi connectivity index (χ1v) is 7.73. The summed E-state index contributed by atoms with van der Waals surface area (Å²) in [7, 11) is 1.79. The molecule has 2 aromatic carbocycles. The maximum atomic E-state index is 11.8. The highest BCUT2D eigenvalue weighted by Crippen LogP contribution is 2.44. The molecule has 0 radical (unpaired) electrons. The van der Waals surface area contributed by atoms with E-state index < -0.39 is 5.60 Å². The second-order valence-electron chi connectivity index (χ2n) is 5.63. The molecule has 1 heterocycles. The summed E-state index contributed by atoms with van der Waals surface area (Å²) in [6.07, 6.45) is 0.770. The number of allylic oxidation sites excluding steroid dienone is 1. The van der Waals surface area contributed by atoms with Crippen molar-refractivity contribution in [1.82, 2.24) is 0 Å². The van der Waals surface area contributed by atoms with Crippen molar-refractivity contribution < 1.29 is 9.90 Å². The summed E-state index contributed by atoms with van der Waals surface area (Å²) in [4.78, 5) is 12.6. The average Bonchev–Trinajstić information content (AvgIpc) is 2.81. The van der Waals surface area contributed by atoms with Gasteiger partial charge in [-0.05, 0) is 31.2 Å². The summed E-state index contributed by atoms with van der Waals surface area (Å²) < 4.78 is 0. The van der Waals surface area contributed by atoms with Gasteiger partial charge in [0.25, 0.3) is 0 Å². The van der Waals surface area contributed by atoms with E-state index in [9.17, 15) is 9.90 Å². The van der Waals surface area contributed by atoms with Gasteiger partial charge in [-0.3, -0.25) is 4.79 Å². The lowest BCUT2D eigenvalue weighted by molar-refractivity contribution is -0.103. The Morgan fingerprint density at radius 3 is 2.70 bits per heavy atom. The molecule has 0 bridgehead atoms. The summed E-state index contributed by atoms with van der Waals surface area (Å²) in [6.45, 7) is 1.69. The average molecular weight is 326 g/mol. The summed E-state index contributed by atoms with van der Waals surface area (Å²) in [5.41, 5.74) is 2.68. The number of thiol groups is 1. The number of carbonyl (C=O) groups is 1. The first-order chi connectivity index (χ1) is 11.0. The smallest absolute Gasteiger partial charge is 0.152 e. The molecule has 3 N–H and O–H groups in total. The van der Waals surface area contributed by atoms with E-state index in [0.717, 1.165) is 28.1 Å². The quantitative estimate of drug-likeness (QED) is 0.397. The van der Waals surface area contributed by atoms with Crippen LogP contribution in [0, 0.1) is 0 Å². The van der Waals surface area contributed by atoms with Crippen molar-refractivity contribution in [3.05, 3.63) is 59.3 Å². The van der Waals surface area contributed by atoms with Crippen LogP contribution in [-0.4, -0.2) is 18.4 Å². The maximum Gasteiger partial charge on any atom is 0.152 e. The number of rotatable bonds is 3. The highest BCUT2D eigenvalue weighted by Gasteiger charge is 2.39. The van der Waals surface area contributed by atoms with Crippen molar-refractivity contribution in [2.45, 2.75) is 17.4 Å². The van der Waals surface area contributed by atoms with E-state index in [1.165, 1.54) is 0 Å². The van der Waals surface area contributed by atoms with Crippen molar-refractivity contribution in [3.8, 4) is 0 Å². The number of hydrogen-bond acceptors (Lipinski definition) is 5. The van der Waals surface area contributed by atoms with Gasteiger partial charge in [-0.15, -0.1) is 12.6 Å². The highest BCUT2D eigenvalue weighted by molar-refractivity contribution is 7.80. The van der Waals surface area contributed by atoms with Crippen LogP contribution in [0.3, 0.4) is 0 Å². The molecule has 1 unspecified atom stereocenters. The van der Waals surface area contributed by atoms with Gasteiger partial charge in [0.05, 0.1) is 5.70 Å². The van der Waals surface area contributed by atoms with Crippen molar-refractivity contribution >= 4 is 35.9 Å². The Balaban J connectivity index is 2.24. The molecular weight excluding hydrogens is 308 g/mol. The van der Waals surface area contributed by atoms with Crippen LogP contribution < -0.4 is 10.6 Å². The van der Waals surface area contributed by atoms with E-state index in [1.54, 1.807) is 14.0 Å². The van der Waals surface area contributed by atoms with Gasteiger partial charge in [0.1, 0.15) is 5.60 Å². The first kappa shape index (κ1) is 15.6. The number of carbonyl (C=O) groups excluding carboxylic acids is 1. The van der Waals surface area contributed by atoms with E-state index >= 15 is 0 Å². The van der Waals surface area contributed by atoms with Gasteiger partial charge >= 0.3 is 0 Å². The monoisotopic (exact) mass is 326 g/mol. The molecule has 3 rings (SSSR count). The number of nitrogens with one attached hydrogen (secondary N) is 2. The van der Waals surface area contributed by atoms with Crippen LogP contribution in [0.2, 0.25) is 0 Å². The van der Waals surface area contributed by atoms with Crippen LogP contribution in [0.1, 0.15) is 18.1 Å². The Morgan fingerprint density at radius 2 is 2.04 bits per heavy atom. The lowest BCUT2D eigenvalue weighted by Gasteiger charge is -2.22. The summed E-state index contributed by atoms with van der Waals surface area (Å²) in [5.74, 6) is 0. The molecule has 0 fully saturated rings.